The summed E-state index contributed by atoms with van der Waals surface area (Å²) < 4.78 is 0. The summed E-state index contributed by atoms with van der Waals surface area (Å²) in [4.78, 5) is 107. The van der Waals surface area contributed by atoms with E-state index in [1.807, 2.05) is 65.8 Å². The largest absolute Gasteiger partial charge is 0.299 e. The van der Waals surface area contributed by atoms with Crippen LogP contribution in [0.5, 0.6) is 0 Å². The van der Waals surface area contributed by atoms with Crippen molar-refractivity contribution >= 4 is 34.7 Å². The van der Waals surface area contributed by atoms with E-state index in [1.165, 1.54) is 44.9 Å². The topological polar surface area (TPSA) is 287 Å². The van der Waals surface area contributed by atoms with E-state index in [1.54, 1.807) is 145 Å². The zero-order chi connectivity index (χ0) is 76.7. The minimum atomic E-state index is -0.856. The van der Waals surface area contributed by atoms with Crippen LogP contribution in [-0.2, 0) is 72.8 Å². The van der Waals surface area contributed by atoms with E-state index in [-0.39, 0.29) is 46.5 Å². The minimum Gasteiger partial charge on any atom is -0.299 e. The summed E-state index contributed by atoms with van der Waals surface area (Å²) in [6.45, 7) is 49.9. The average Bonchev–Trinajstić information content (AvgIpc) is 0.850. The van der Waals surface area contributed by atoms with Crippen molar-refractivity contribution in [1.29, 1.82) is 0 Å². The van der Waals surface area contributed by atoms with Gasteiger partial charge in [-0.1, -0.05) is 49.5 Å². The highest BCUT2D eigenvalue weighted by Gasteiger charge is 2.38. The quantitative estimate of drug-likeness (QED) is 0.0771. The first-order chi connectivity index (χ1) is 44.2. The van der Waals surface area contributed by atoms with Gasteiger partial charge in [-0.05, 0) is 344 Å². The molecule has 20 heteroatoms. The average molecular weight is 1390 g/mol. The van der Waals surface area contributed by atoms with Gasteiger partial charge in [-0.3, -0.25) is 55.1 Å². The first-order valence-corrected chi connectivity index (χ1v) is 34.7. The van der Waals surface area contributed by atoms with Crippen molar-refractivity contribution in [3.8, 4) is 0 Å². The third-order valence-corrected chi connectivity index (χ3v) is 13.2. The molecule has 6 rings (SSSR count). The SMILES string of the molecule is CC(=O)C1(OOC(C)(C)C)C=CCCC1.CC(=O)C1=CC(C)CCC1.CC(=O)C1=CCCCC1.CC(=O)C1=CCCCC1.CC(=O)C1=CCCCC1OOC(C)(C)C.CC(=O)C1C=CCCC1.CC(C)(C)OO.CC(C)(C)OO.CC(C)(C)OO.CC(C)(C)OO.CC(C)(C)OO. The van der Waals surface area contributed by atoms with Crippen LogP contribution < -0.4 is 0 Å². The van der Waals surface area contributed by atoms with Gasteiger partial charge in [0, 0.05) is 11.5 Å². The molecule has 568 valence electrons. The van der Waals surface area contributed by atoms with Crippen LogP contribution in [0, 0.1) is 11.8 Å². The van der Waals surface area contributed by atoms with Crippen LogP contribution in [0.4, 0.5) is 0 Å². The summed E-state index contributed by atoms with van der Waals surface area (Å²) in [6, 6.07) is 0. The van der Waals surface area contributed by atoms with Crippen LogP contribution in [-0.4, -0.2) is 112 Å². The Morgan fingerprint density at radius 2 is 0.784 bits per heavy atom. The lowest BCUT2D eigenvalue weighted by Gasteiger charge is -2.32. The Balaban J connectivity index is -0.000000326. The molecule has 0 aromatic rings. The zero-order valence-electron chi connectivity index (χ0n) is 65.9. The molecular weight excluding hydrogens is 1240 g/mol. The molecule has 0 heterocycles. The summed E-state index contributed by atoms with van der Waals surface area (Å²) in [5, 5.41) is 39.5. The van der Waals surface area contributed by atoms with Crippen molar-refractivity contribution in [3.05, 3.63) is 70.9 Å². The molecule has 6 aliphatic carbocycles. The van der Waals surface area contributed by atoms with E-state index in [2.05, 4.69) is 55.7 Å². The summed E-state index contributed by atoms with van der Waals surface area (Å²) in [7, 11) is 0. The Hall–Kier alpha value is -4.10. The Kier molecular flexibility index (Phi) is 55.3. The molecule has 0 radical (unpaired) electrons. The number of carbonyl (C=O) groups excluding carboxylic acids is 6. The van der Waals surface area contributed by atoms with E-state index in [4.69, 9.17) is 45.8 Å². The number of ketones is 6. The molecule has 0 fully saturated rings. The van der Waals surface area contributed by atoms with Gasteiger partial charge in [0.1, 0.15) is 11.9 Å². The molecule has 4 unspecified atom stereocenters. The second-order valence-electron chi connectivity index (χ2n) is 31.7. The molecule has 0 bridgehead atoms. The molecule has 0 spiro atoms. The molecular formula is C77H140O20. The number of rotatable bonds is 10. The van der Waals surface area contributed by atoms with Crippen LogP contribution in [0.1, 0.15) is 322 Å². The summed E-state index contributed by atoms with van der Waals surface area (Å²) >= 11 is 0. The van der Waals surface area contributed by atoms with Crippen LogP contribution in [0.2, 0.25) is 0 Å². The highest BCUT2D eigenvalue weighted by atomic mass is 17.2. The Bertz CT molecular complexity index is 2240. The van der Waals surface area contributed by atoms with Gasteiger partial charge in [0.15, 0.2) is 34.5 Å². The predicted octanol–water partition coefficient (Wildman–Crippen LogP) is 20.4. The van der Waals surface area contributed by atoms with E-state index in [9.17, 15) is 28.8 Å². The molecule has 0 saturated carbocycles. The third-order valence-electron chi connectivity index (χ3n) is 13.2. The number of hydrogen-bond donors (Lipinski definition) is 5. The van der Waals surface area contributed by atoms with Gasteiger partial charge in [-0.15, -0.1) is 0 Å². The number of Topliss-reactive ketones (excluding diaryl/α,β-unsaturated/α-hetero) is 6. The minimum absolute atomic E-state index is 0.00250. The van der Waals surface area contributed by atoms with Gasteiger partial charge < -0.3 is 0 Å². The first-order valence-electron chi connectivity index (χ1n) is 34.7. The van der Waals surface area contributed by atoms with Gasteiger partial charge in [0.05, 0.1) is 39.2 Å². The van der Waals surface area contributed by atoms with Gasteiger partial charge in [-0.2, -0.15) is 0 Å². The van der Waals surface area contributed by atoms with Gasteiger partial charge >= 0.3 is 0 Å². The van der Waals surface area contributed by atoms with Crippen molar-refractivity contribution in [2.24, 2.45) is 11.8 Å². The normalized spacial score (nSPS) is 19.9. The van der Waals surface area contributed by atoms with E-state index in [0.29, 0.717) is 18.1 Å². The monoisotopic (exact) mass is 1380 g/mol. The van der Waals surface area contributed by atoms with Crippen LogP contribution in [0.25, 0.3) is 0 Å². The van der Waals surface area contributed by atoms with Crippen molar-refractivity contribution in [1.82, 2.24) is 0 Å². The molecule has 0 aromatic carbocycles. The van der Waals surface area contributed by atoms with Crippen molar-refractivity contribution in [2.75, 3.05) is 0 Å². The van der Waals surface area contributed by atoms with Gasteiger partial charge in [0.2, 0.25) is 0 Å². The number of allylic oxidation sites excluding steroid dienone is 10. The second-order valence-corrected chi connectivity index (χ2v) is 31.7. The summed E-state index contributed by atoms with van der Waals surface area (Å²) in [5.41, 5.74) is 0.283. The fourth-order valence-electron chi connectivity index (χ4n) is 7.87. The molecule has 0 aliphatic heterocycles. The van der Waals surface area contributed by atoms with Crippen molar-refractivity contribution in [3.63, 3.8) is 0 Å². The third kappa shape index (κ3) is 67.5. The highest BCUT2D eigenvalue weighted by Crippen LogP contribution is 2.30. The number of carbonyl (C=O) groups is 6. The lowest BCUT2D eigenvalue weighted by Crippen LogP contribution is -2.41. The van der Waals surface area contributed by atoms with Crippen LogP contribution in [0.15, 0.2) is 70.9 Å². The zero-order valence-corrected chi connectivity index (χ0v) is 65.9. The van der Waals surface area contributed by atoms with E-state index in [0.717, 1.165) is 99.3 Å². The predicted molar refractivity (Wildman–Crippen MR) is 387 cm³/mol. The fourth-order valence-corrected chi connectivity index (χ4v) is 7.87. The molecule has 20 nitrogen and oxygen atoms in total. The maximum Gasteiger partial charge on any atom is 0.179 e. The maximum atomic E-state index is 11.6. The van der Waals surface area contributed by atoms with Crippen LogP contribution >= 0.6 is 0 Å². The molecule has 97 heavy (non-hydrogen) atoms. The first kappa shape index (κ1) is 102. The summed E-state index contributed by atoms with van der Waals surface area (Å²) in [5.74, 6) is 2.02. The highest BCUT2D eigenvalue weighted by molar-refractivity contribution is 5.95. The molecule has 4 atom stereocenters. The van der Waals surface area contributed by atoms with E-state index >= 15 is 0 Å². The lowest BCUT2D eigenvalue weighted by atomic mass is 9.88. The lowest BCUT2D eigenvalue weighted by molar-refractivity contribution is -0.385. The van der Waals surface area contributed by atoms with Crippen LogP contribution in [0.3, 0.4) is 0 Å². The fraction of sp³-hybridized carbons (Fsp3) is 0.766. The molecule has 0 amide bonds. The van der Waals surface area contributed by atoms with Crippen molar-refractivity contribution in [2.45, 2.75) is 373 Å². The van der Waals surface area contributed by atoms with E-state index < -0.39 is 39.2 Å². The van der Waals surface area contributed by atoms with Gasteiger partial charge in [0.25, 0.3) is 0 Å². The van der Waals surface area contributed by atoms with Crippen molar-refractivity contribution < 1.29 is 99.0 Å². The molecule has 6 aliphatic rings. The smallest absolute Gasteiger partial charge is 0.179 e. The Labute approximate surface area is 587 Å². The standard InChI is InChI=1S/2C12H20O3.C9H14O.3C8H12O.5C4H10O2/c1-10(13)12(8-6-5-7-9-12)15-14-11(2,3)4;1-9(13)10-7-5-6-8-11(10)14-15-12(2,3)4;1-7-4-3-5-9(6-7)8(2)10;3*1-7(9)8-5-3-2-4-6-8;5*1-4(2,3)6-5/h6,8H,5,7,9H2,1-4H3;7,11H,5-6,8H2,1-4H3;6-7H,3-5H2,1-2H3;2*5H,2-4,6H2,1H3;3,5,8H,2,4,6H2,1H3;5*5H,1-3H3. The maximum absolute atomic E-state index is 11.6. The Morgan fingerprint density at radius 1 is 0.412 bits per heavy atom. The summed E-state index contributed by atoms with van der Waals surface area (Å²) in [6.07, 6.45) is 37.5. The Morgan fingerprint density at radius 3 is 1.03 bits per heavy atom. The number of hydrogen-bond acceptors (Lipinski definition) is 20. The molecule has 5 N–H and O–H groups in total. The second kappa shape index (κ2) is 52.8. The molecule has 0 saturated heterocycles. The van der Waals surface area contributed by atoms with Gasteiger partial charge in [-0.25, -0.2) is 44.0 Å². The molecule has 0 aromatic heterocycles.